The number of hydrogen-bond acceptors (Lipinski definition) is 7. The van der Waals surface area contributed by atoms with E-state index in [0.717, 1.165) is 0 Å². The molecule has 0 bridgehead atoms. The first kappa shape index (κ1) is 22.6. The summed E-state index contributed by atoms with van der Waals surface area (Å²) in [6.07, 6.45) is 1.35. The topological polar surface area (TPSA) is 100 Å². The first-order valence-corrected chi connectivity index (χ1v) is 10.0. The second kappa shape index (κ2) is 9.36. The van der Waals surface area contributed by atoms with E-state index >= 15 is 0 Å². The number of ether oxygens (including phenoxy) is 3. The van der Waals surface area contributed by atoms with E-state index < -0.39 is 10.9 Å². The SMILES string of the molecule is CCOc1cc(/C=C2\N=C(c3cc([N+](=O)[O-])ccc3Cl)OC2=O)cc(Cl)c1OC(C)C. The molecule has 0 spiro atoms. The average Bonchev–Trinajstić information content (AvgIpc) is 3.05. The van der Waals surface area contributed by atoms with Crippen LogP contribution in [0.25, 0.3) is 6.08 Å². The molecule has 0 radical (unpaired) electrons. The molecule has 8 nitrogen and oxygen atoms in total. The first-order valence-electron chi connectivity index (χ1n) is 9.29. The second-order valence-electron chi connectivity index (χ2n) is 6.69. The molecular formula is C21H18Cl2N2O6. The molecule has 0 aromatic heterocycles. The lowest BCUT2D eigenvalue weighted by molar-refractivity contribution is -0.384. The van der Waals surface area contributed by atoms with Crippen molar-refractivity contribution in [1.29, 1.82) is 0 Å². The Kier molecular flexibility index (Phi) is 6.82. The van der Waals surface area contributed by atoms with Crippen LogP contribution >= 0.6 is 23.2 Å². The van der Waals surface area contributed by atoms with E-state index in [4.69, 9.17) is 37.4 Å². The van der Waals surface area contributed by atoms with Gasteiger partial charge in [0.05, 0.1) is 33.2 Å². The molecule has 0 saturated carbocycles. The smallest absolute Gasteiger partial charge is 0.363 e. The highest BCUT2D eigenvalue weighted by atomic mass is 35.5. The fourth-order valence-corrected chi connectivity index (χ4v) is 3.22. The Morgan fingerprint density at radius 1 is 1.23 bits per heavy atom. The summed E-state index contributed by atoms with van der Waals surface area (Å²) in [7, 11) is 0. The molecule has 0 saturated heterocycles. The Morgan fingerprint density at radius 2 is 1.97 bits per heavy atom. The lowest BCUT2D eigenvalue weighted by Crippen LogP contribution is -2.08. The number of nitro groups is 1. The summed E-state index contributed by atoms with van der Waals surface area (Å²) in [6, 6.07) is 7.06. The van der Waals surface area contributed by atoms with Gasteiger partial charge in [-0.15, -0.1) is 0 Å². The van der Waals surface area contributed by atoms with Crippen molar-refractivity contribution >= 4 is 46.8 Å². The van der Waals surface area contributed by atoms with Crippen molar-refractivity contribution in [2.24, 2.45) is 4.99 Å². The summed E-state index contributed by atoms with van der Waals surface area (Å²) in [5, 5.41) is 11.5. The minimum atomic E-state index is -0.728. The van der Waals surface area contributed by atoms with Crippen LogP contribution in [0.2, 0.25) is 10.0 Å². The van der Waals surface area contributed by atoms with E-state index in [2.05, 4.69) is 4.99 Å². The molecule has 0 unspecified atom stereocenters. The highest BCUT2D eigenvalue weighted by Gasteiger charge is 2.27. The Labute approximate surface area is 188 Å². The fourth-order valence-electron chi connectivity index (χ4n) is 2.76. The highest BCUT2D eigenvalue weighted by molar-refractivity contribution is 6.34. The zero-order valence-corrected chi connectivity index (χ0v) is 18.4. The van der Waals surface area contributed by atoms with Crippen LogP contribution in [0.4, 0.5) is 5.69 Å². The third-order valence-corrected chi connectivity index (χ3v) is 4.61. The second-order valence-corrected chi connectivity index (χ2v) is 7.50. The molecule has 0 fully saturated rings. The third-order valence-electron chi connectivity index (χ3n) is 4.00. The van der Waals surface area contributed by atoms with E-state index in [1.807, 2.05) is 20.8 Å². The zero-order valence-electron chi connectivity index (χ0n) is 16.8. The molecule has 10 heteroatoms. The Bertz CT molecular complexity index is 1110. The van der Waals surface area contributed by atoms with Gasteiger partial charge in [-0.2, -0.15) is 0 Å². The number of nitrogens with zero attached hydrogens (tertiary/aromatic N) is 2. The van der Waals surface area contributed by atoms with Crippen molar-refractivity contribution in [2.75, 3.05) is 6.61 Å². The predicted molar refractivity (Wildman–Crippen MR) is 117 cm³/mol. The highest BCUT2D eigenvalue weighted by Crippen LogP contribution is 2.38. The lowest BCUT2D eigenvalue weighted by Gasteiger charge is -2.16. The number of halogens is 2. The molecule has 2 aromatic rings. The Morgan fingerprint density at radius 3 is 2.61 bits per heavy atom. The van der Waals surface area contributed by atoms with Gasteiger partial charge >= 0.3 is 5.97 Å². The molecule has 2 aromatic carbocycles. The molecular weight excluding hydrogens is 447 g/mol. The third kappa shape index (κ3) is 5.15. The summed E-state index contributed by atoms with van der Waals surface area (Å²) in [4.78, 5) is 26.9. The molecule has 0 atom stereocenters. The maximum Gasteiger partial charge on any atom is 0.363 e. The van der Waals surface area contributed by atoms with Crippen molar-refractivity contribution in [3.05, 3.63) is 67.3 Å². The number of non-ortho nitro benzene ring substituents is 1. The van der Waals surface area contributed by atoms with E-state index in [0.29, 0.717) is 28.7 Å². The van der Waals surface area contributed by atoms with Crippen molar-refractivity contribution in [1.82, 2.24) is 0 Å². The number of esters is 1. The van der Waals surface area contributed by atoms with Crippen molar-refractivity contribution < 1.29 is 23.9 Å². The maximum atomic E-state index is 12.3. The first-order chi connectivity index (χ1) is 14.7. The minimum Gasteiger partial charge on any atom is -0.490 e. The van der Waals surface area contributed by atoms with E-state index in [1.165, 1.54) is 24.3 Å². The number of aliphatic imine (C=N–C) groups is 1. The summed E-state index contributed by atoms with van der Waals surface area (Å²) < 4.78 is 16.5. The van der Waals surface area contributed by atoms with E-state index in [1.54, 1.807) is 12.1 Å². The van der Waals surface area contributed by atoms with Gasteiger partial charge in [-0.1, -0.05) is 23.2 Å². The van der Waals surface area contributed by atoms with Gasteiger partial charge in [0.25, 0.3) is 5.69 Å². The normalized spacial score (nSPS) is 14.6. The molecule has 1 aliphatic rings. The van der Waals surface area contributed by atoms with Crippen LogP contribution in [0.15, 0.2) is 41.0 Å². The maximum absolute atomic E-state index is 12.3. The Balaban J connectivity index is 2.01. The van der Waals surface area contributed by atoms with Crippen LogP contribution in [0.5, 0.6) is 11.5 Å². The van der Waals surface area contributed by atoms with Gasteiger partial charge < -0.3 is 14.2 Å². The monoisotopic (exact) mass is 464 g/mol. The van der Waals surface area contributed by atoms with E-state index in [9.17, 15) is 14.9 Å². The quantitative estimate of drug-likeness (QED) is 0.234. The number of hydrogen-bond donors (Lipinski definition) is 0. The fraction of sp³-hybridized carbons (Fsp3) is 0.238. The summed E-state index contributed by atoms with van der Waals surface area (Å²) in [5.74, 6) is -0.0231. The van der Waals surface area contributed by atoms with Gasteiger partial charge in [-0.3, -0.25) is 10.1 Å². The van der Waals surface area contributed by atoms with Crippen LogP contribution in [0, 0.1) is 10.1 Å². The predicted octanol–water partition coefficient (Wildman–Crippen LogP) is 5.43. The molecule has 0 amide bonds. The van der Waals surface area contributed by atoms with Crippen LogP contribution in [0.1, 0.15) is 31.9 Å². The van der Waals surface area contributed by atoms with Gasteiger partial charge in [0.1, 0.15) is 0 Å². The average molecular weight is 465 g/mol. The molecule has 0 N–H and O–H groups in total. The lowest BCUT2D eigenvalue weighted by atomic mass is 10.1. The van der Waals surface area contributed by atoms with Crippen molar-refractivity contribution in [2.45, 2.75) is 26.9 Å². The number of benzene rings is 2. The largest absolute Gasteiger partial charge is 0.490 e. The molecule has 162 valence electrons. The van der Waals surface area contributed by atoms with Crippen molar-refractivity contribution in [3.63, 3.8) is 0 Å². The van der Waals surface area contributed by atoms with Crippen LogP contribution in [0.3, 0.4) is 0 Å². The summed E-state index contributed by atoms with van der Waals surface area (Å²) >= 11 is 12.5. The number of nitro benzene ring substituents is 1. The number of carbonyl (C=O) groups is 1. The molecule has 1 aliphatic heterocycles. The van der Waals surface area contributed by atoms with Gasteiger partial charge in [-0.25, -0.2) is 9.79 Å². The molecule has 0 aliphatic carbocycles. The van der Waals surface area contributed by atoms with Crippen LogP contribution in [-0.2, 0) is 9.53 Å². The summed E-state index contributed by atoms with van der Waals surface area (Å²) in [6.45, 7) is 5.95. The zero-order chi connectivity index (χ0) is 22.7. The molecule has 1 heterocycles. The minimum absolute atomic E-state index is 0.0198. The Hall–Kier alpha value is -3.10. The number of rotatable bonds is 7. The summed E-state index contributed by atoms with van der Waals surface area (Å²) in [5.41, 5.74) is 0.450. The van der Waals surface area contributed by atoms with Crippen LogP contribution in [-0.4, -0.2) is 29.5 Å². The van der Waals surface area contributed by atoms with Gasteiger partial charge in [0, 0.05) is 12.1 Å². The number of carbonyl (C=O) groups excluding carboxylic acids is 1. The van der Waals surface area contributed by atoms with Gasteiger partial charge in [0.2, 0.25) is 5.90 Å². The standard InChI is InChI=1S/C21H18Cl2N2O6/c1-4-29-18-9-12(7-16(23)19(18)30-11(2)3)8-17-21(26)31-20(24-17)14-10-13(25(27)28)5-6-15(14)22/h5-11H,4H2,1-3H3/b17-8-. The number of cyclic esters (lactones) is 1. The van der Waals surface area contributed by atoms with E-state index in [-0.39, 0.29) is 34.0 Å². The van der Waals surface area contributed by atoms with Gasteiger partial charge in [0.15, 0.2) is 17.2 Å². The van der Waals surface area contributed by atoms with Crippen LogP contribution < -0.4 is 9.47 Å². The molecule has 31 heavy (non-hydrogen) atoms. The molecule has 3 rings (SSSR count). The van der Waals surface area contributed by atoms with Crippen molar-refractivity contribution in [3.8, 4) is 11.5 Å². The van der Waals surface area contributed by atoms with Gasteiger partial charge in [-0.05, 0) is 50.6 Å².